The van der Waals surface area contributed by atoms with Gasteiger partial charge in [0.15, 0.2) is 0 Å². The maximum atomic E-state index is 11.6. The second-order valence-electron chi connectivity index (χ2n) is 4.61. The standard InChI is InChI=1S/C11H23N5O2S/c1-5-6-9-10(12)11(16(4)14-9)13-7-8-19(17,18)15(2)3/h13H,5-8,12H2,1-4H3. The van der Waals surface area contributed by atoms with Crippen LogP contribution >= 0.6 is 0 Å². The summed E-state index contributed by atoms with van der Waals surface area (Å²) in [5.41, 5.74) is 7.45. The van der Waals surface area contributed by atoms with Crippen LogP contribution in [0.2, 0.25) is 0 Å². The number of nitrogens with zero attached hydrogens (tertiary/aromatic N) is 3. The monoisotopic (exact) mass is 289 g/mol. The number of nitrogens with two attached hydrogens (primary N) is 1. The molecule has 0 aromatic carbocycles. The van der Waals surface area contributed by atoms with Crippen LogP contribution in [0.1, 0.15) is 19.0 Å². The zero-order valence-corrected chi connectivity index (χ0v) is 12.8. The lowest BCUT2D eigenvalue weighted by Gasteiger charge is -2.12. The second-order valence-corrected chi connectivity index (χ2v) is 6.91. The van der Waals surface area contributed by atoms with Crippen LogP contribution < -0.4 is 11.1 Å². The van der Waals surface area contributed by atoms with E-state index in [-0.39, 0.29) is 5.75 Å². The van der Waals surface area contributed by atoms with Gasteiger partial charge in [-0.2, -0.15) is 5.10 Å². The Labute approximate surface area is 114 Å². The molecule has 1 rings (SSSR count). The highest BCUT2D eigenvalue weighted by molar-refractivity contribution is 7.89. The summed E-state index contributed by atoms with van der Waals surface area (Å²) in [5, 5.41) is 7.36. The van der Waals surface area contributed by atoms with Gasteiger partial charge in [0.2, 0.25) is 10.0 Å². The Morgan fingerprint density at radius 1 is 1.42 bits per heavy atom. The number of nitrogen functional groups attached to an aromatic ring is 1. The molecule has 0 amide bonds. The van der Waals surface area contributed by atoms with E-state index in [1.807, 2.05) is 0 Å². The number of aromatic nitrogens is 2. The molecule has 0 fully saturated rings. The smallest absolute Gasteiger partial charge is 0.215 e. The predicted molar refractivity (Wildman–Crippen MR) is 77.6 cm³/mol. The molecule has 0 aliphatic carbocycles. The Hall–Kier alpha value is -1.28. The van der Waals surface area contributed by atoms with Crippen LogP contribution in [0.25, 0.3) is 0 Å². The van der Waals surface area contributed by atoms with Crippen molar-refractivity contribution in [2.45, 2.75) is 19.8 Å². The Morgan fingerprint density at radius 3 is 2.58 bits per heavy atom. The maximum Gasteiger partial charge on any atom is 0.215 e. The zero-order valence-electron chi connectivity index (χ0n) is 12.0. The molecule has 19 heavy (non-hydrogen) atoms. The highest BCUT2D eigenvalue weighted by Gasteiger charge is 2.15. The molecule has 0 aliphatic heterocycles. The van der Waals surface area contributed by atoms with Gasteiger partial charge in [-0.1, -0.05) is 13.3 Å². The fourth-order valence-corrected chi connectivity index (χ4v) is 2.43. The van der Waals surface area contributed by atoms with Crippen molar-refractivity contribution in [1.29, 1.82) is 0 Å². The topological polar surface area (TPSA) is 93.2 Å². The first-order chi connectivity index (χ1) is 8.79. The van der Waals surface area contributed by atoms with E-state index in [0.29, 0.717) is 18.1 Å². The number of rotatable bonds is 7. The van der Waals surface area contributed by atoms with Gasteiger partial charge in [0.1, 0.15) is 5.82 Å². The van der Waals surface area contributed by atoms with Crippen molar-refractivity contribution in [2.75, 3.05) is 37.4 Å². The number of sulfonamides is 1. The predicted octanol–water partition coefficient (Wildman–Crippen LogP) is 0.258. The molecule has 0 aliphatic rings. The summed E-state index contributed by atoms with van der Waals surface area (Å²) >= 11 is 0. The van der Waals surface area contributed by atoms with Crippen LogP contribution in [0.3, 0.4) is 0 Å². The molecule has 1 aromatic rings. The van der Waals surface area contributed by atoms with Crippen molar-refractivity contribution in [2.24, 2.45) is 7.05 Å². The molecule has 0 radical (unpaired) electrons. The van der Waals surface area contributed by atoms with E-state index in [1.54, 1.807) is 11.7 Å². The molecule has 110 valence electrons. The van der Waals surface area contributed by atoms with Gasteiger partial charge >= 0.3 is 0 Å². The zero-order chi connectivity index (χ0) is 14.6. The highest BCUT2D eigenvalue weighted by atomic mass is 32.2. The molecule has 1 aromatic heterocycles. The van der Waals surface area contributed by atoms with Crippen LogP contribution in [-0.4, -0.2) is 48.9 Å². The maximum absolute atomic E-state index is 11.6. The van der Waals surface area contributed by atoms with Crippen LogP contribution in [0.5, 0.6) is 0 Å². The van der Waals surface area contributed by atoms with E-state index in [4.69, 9.17) is 5.73 Å². The van der Waals surface area contributed by atoms with Crippen molar-refractivity contribution in [3.05, 3.63) is 5.69 Å². The van der Waals surface area contributed by atoms with Gasteiger partial charge in [0.05, 0.1) is 17.1 Å². The van der Waals surface area contributed by atoms with Crippen molar-refractivity contribution in [1.82, 2.24) is 14.1 Å². The summed E-state index contributed by atoms with van der Waals surface area (Å²) in [7, 11) is 1.63. The Bertz CT molecular complexity index is 521. The largest absolute Gasteiger partial charge is 0.394 e. The first-order valence-electron chi connectivity index (χ1n) is 6.25. The second kappa shape index (κ2) is 6.25. The lowest BCUT2D eigenvalue weighted by molar-refractivity contribution is 0.521. The molecule has 0 unspecified atom stereocenters. The van der Waals surface area contributed by atoms with Crippen LogP contribution in [-0.2, 0) is 23.5 Å². The number of hydrogen-bond donors (Lipinski definition) is 2. The van der Waals surface area contributed by atoms with Crippen LogP contribution in [0.4, 0.5) is 11.5 Å². The summed E-state index contributed by atoms with van der Waals surface area (Å²) in [6.07, 6.45) is 1.78. The lowest BCUT2D eigenvalue weighted by Crippen LogP contribution is -2.28. The van der Waals surface area contributed by atoms with Crippen LogP contribution in [0.15, 0.2) is 0 Å². The molecule has 0 saturated carbocycles. The molecule has 0 atom stereocenters. The van der Waals surface area contributed by atoms with Crippen molar-refractivity contribution >= 4 is 21.5 Å². The Kier molecular flexibility index (Phi) is 5.19. The summed E-state index contributed by atoms with van der Waals surface area (Å²) in [4.78, 5) is 0. The van der Waals surface area contributed by atoms with Gasteiger partial charge < -0.3 is 11.1 Å². The van der Waals surface area contributed by atoms with E-state index in [0.717, 1.165) is 18.5 Å². The average Bonchev–Trinajstić information content (AvgIpc) is 2.57. The molecule has 0 saturated heterocycles. The van der Waals surface area contributed by atoms with Gasteiger partial charge in [0, 0.05) is 27.7 Å². The quantitative estimate of drug-likeness (QED) is 0.751. The number of aryl methyl sites for hydroxylation is 2. The Morgan fingerprint density at radius 2 is 2.05 bits per heavy atom. The average molecular weight is 289 g/mol. The fraction of sp³-hybridized carbons (Fsp3) is 0.727. The molecular formula is C11H23N5O2S. The van der Waals surface area contributed by atoms with Crippen molar-refractivity contribution < 1.29 is 8.42 Å². The molecule has 1 heterocycles. The number of nitrogens with one attached hydrogen (secondary N) is 1. The minimum Gasteiger partial charge on any atom is -0.394 e. The lowest BCUT2D eigenvalue weighted by atomic mass is 10.2. The first-order valence-corrected chi connectivity index (χ1v) is 7.86. The molecule has 0 spiro atoms. The van der Waals surface area contributed by atoms with E-state index in [9.17, 15) is 8.42 Å². The molecule has 7 nitrogen and oxygen atoms in total. The molecular weight excluding hydrogens is 266 g/mol. The first kappa shape index (κ1) is 15.8. The number of anilines is 2. The fourth-order valence-electron chi connectivity index (χ4n) is 1.71. The molecule has 8 heteroatoms. The van der Waals surface area contributed by atoms with Crippen LogP contribution in [0, 0.1) is 0 Å². The van der Waals surface area contributed by atoms with Crippen molar-refractivity contribution in [3.8, 4) is 0 Å². The molecule has 3 N–H and O–H groups in total. The minimum atomic E-state index is -3.20. The third-order valence-electron chi connectivity index (χ3n) is 2.86. The molecule has 0 bridgehead atoms. The minimum absolute atomic E-state index is 0.0216. The highest BCUT2D eigenvalue weighted by Crippen LogP contribution is 2.22. The van der Waals surface area contributed by atoms with Gasteiger partial charge in [-0.25, -0.2) is 12.7 Å². The summed E-state index contributed by atoms with van der Waals surface area (Å²) in [5.74, 6) is 0.700. The van der Waals surface area contributed by atoms with Gasteiger partial charge in [-0.3, -0.25) is 4.68 Å². The van der Waals surface area contributed by atoms with E-state index in [2.05, 4.69) is 17.3 Å². The summed E-state index contributed by atoms with van der Waals surface area (Å²) in [6, 6.07) is 0. The summed E-state index contributed by atoms with van der Waals surface area (Å²) in [6.45, 7) is 2.36. The van der Waals surface area contributed by atoms with Crippen molar-refractivity contribution in [3.63, 3.8) is 0 Å². The van der Waals surface area contributed by atoms with Gasteiger partial charge in [-0.15, -0.1) is 0 Å². The third-order valence-corrected chi connectivity index (χ3v) is 4.69. The van der Waals surface area contributed by atoms with E-state index in [1.165, 1.54) is 18.4 Å². The normalized spacial score (nSPS) is 12.1. The summed E-state index contributed by atoms with van der Waals surface area (Å²) < 4.78 is 26.1. The van der Waals surface area contributed by atoms with Gasteiger partial charge in [0.25, 0.3) is 0 Å². The van der Waals surface area contributed by atoms with E-state index >= 15 is 0 Å². The SMILES string of the molecule is CCCc1nn(C)c(NCCS(=O)(=O)N(C)C)c1N. The number of hydrogen-bond acceptors (Lipinski definition) is 5. The van der Waals surface area contributed by atoms with E-state index < -0.39 is 10.0 Å². The third kappa shape index (κ3) is 3.84. The Balaban J connectivity index is 2.69. The van der Waals surface area contributed by atoms with Gasteiger partial charge in [-0.05, 0) is 6.42 Å².